The van der Waals surface area contributed by atoms with E-state index in [0.29, 0.717) is 17.7 Å². The minimum absolute atomic E-state index is 0.0299. The third kappa shape index (κ3) is 4.46. The van der Waals surface area contributed by atoms with Crippen molar-refractivity contribution in [1.29, 1.82) is 0 Å². The summed E-state index contributed by atoms with van der Waals surface area (Å²) in [5.74, 6) is -0.365. The van der Waals surface area contributed by atoms with E-state index in [1.807, 2.05) is 31.2 Å². The van der Waals surface area contributed by atoms with Crippen LogP contribution >= 0.6 is 11.8 Å². The van der Waals surface area contributed by atoms with E-state index in [9.17, 15) is 9.59 Å². The Labute approximate surface area is 128 Å². The van der Waals surface area contributed by atoms with Gasteiger partial charge in [-0.15, -0.1) is 11.8 Å². The van der Waals surface area contributed by atoms with E-state index in [1.165, 1.54) is 17.7 Å². The third-order valence-corrected chi connectivity index (χ3v) is 4.06. The standard InChI is InChI=1S/C17H16O3S/c1-12-5-7-15(8-6-12)21-10-9-16(18)13-3-2-4-14(11-13)17(19)20/h2-8,11H,9-10H2,1H3,(H,19,20). The average molecular weight is 300 g/mol. The molecule has 0 heterocycles. The first-order valence-electron chi connectivity index (χ1n) is 6.62. The number of carbonyl (C=O) groups excluding carboxylic acids is 1. The normalized spacial score (nSPS) is 10.3. The second-order valence-electron chi connectivity index (χ2n) is 4.72. The molecule has 108 valence electrons. The van der Waals surface area contributed by atoms with Crippen molar-refractivity contribution in [2.24, 2.45) is 0 Å². The van der Waals surface area contributed by atoms with Gasteiger partial charge in [0.25, 0.3) is 0 Å². The SMILES string of the molecule is Cc1ccc(SCCC(=O)c2cccc(C(=O)O)c2)cc1. The molecule has 2 aromatic rings. The molecule has 0 radical (unpaired) electrons. The number of carboxylic acids is 1. The summed E-state index contributed by atoms with van der Waals surface area (Å²) >= 11 is 1.63. The fraction of sp³-hybridized carbons (Fsp3) is 0.176. The summed E-state index contributed by atoms with van der Waals surface area (Å²) in [4.78, 5) is 24.1. The maximum atomic E-state index is 12.1. The summed E-state index contributed by atoms with van der Waals surface area (Å²) in [7, 11) is 0. The van der Waals surface area contributed by atoms with Gasteiger partial charge in [-0.1, -0.05) is 29.8 Å². The van der Waals surface area contributed by atoms with Gasteiger partial charge in [-0.05, 0) is 31.2 Å². The van der Waals surface area contributed by atoms with E-state index < -0.39 is 5.97 Å². The maximum absolute atomic E-state index is 12.1. The summed E-state index contributed by atoms with van der Waals surface area (Å²) in [5, 5.41) is 8.92. The minimum atomic E-state index is -1.02. The molecule has 0 aliphatic rings. The smallest absolute Gasteiger partial charge is 0.335 e. The van der Waals surface area contributed by atoms with Gasteiger partial charge in [0.15, 0.2) is 5.78 Å². The van der Waals surface area contributed by atoms with E-state index in [0.717, 1.165) is 4.90 Å². The van der Waals surface area contributed by atoms with Crippen LogP contribution in [0.1, 0.15) is 32.7 Å². The molecule has 0 atom stereocenters. The fourth-order valence-corrected chi connectivity index (χ4v) is 2.72. The molecule has 0 aromatic heterocycles. The van der Waals surface area contributed by atoms with Gasteiger partial charge in [0.05, 0.1) is 5.56 Å². The van der Waals surface area contributed by atoms with Gasteiger partial charge in [0.2, 0.25) is 0 Å². The Morgan fingerprint density at radius 3 is 2.38 bits per heavy atom. The molecule has 0 saturated carbocycles. The van der Waals surface area contributed by atoms with Crippen molar-refractivity contribution in [3.63, 3.8) is 0 Å². The number of carbonyl (C=O) groups is 2. The Morgan fingerprint density at radius 2 is 1.71 bits per heavy atom. The quantitative estimate of drug-likeness (QED) is 0.645. The first-order chi connectivity index (χ1) is 10.1. The molecular formula is C17H16O3S. The first-order valence-corrected chi connectivity index (χ1v) is 7.61. The highest BCUT2D eigenvalue weighted by atomic mass is 32.2. The number of hydrogen-bond acceptors (Lipinski definition) is 3. The second kappa shape index (κ2) is 7.09. The van der Waals surface area contributed by atoms with Gasteiger partial charge in [-0.2, -0.15) is 0 Å². The molecule has 2 rings (SSSR count). The molecule has 0 spiro atoms. The number of aromatic carboxylic acids is 1. The Hall–Kier alpha value is -2.07. The highest BCUT2D eigenvalue weighted by molar-refractivity contribution is 7.99. The zero-order chi connectivity index (χ0) is 15.2. The first kappa shape index (κ1) is 15.3. The number of hydrogen-bond donors (Lipinski definition) is 1. The van der Waals surface area contributed by atoms with E-state index in [2.05, 4.69) is 0 Å². The van der Waals surface area contributed by atoms with Gasteiger partial charge in [-0.25, -0.2) is 4.79 Å². The Bertz CT molecular complexity index is 647. The number of benzene rings is 2. The second-order valence-corrected chi connectivity index (χ2v) is 5.89. The lowest BCUT2D eigenvalue weighted by Crippen LogP contribution is -2.03. The number of aryl methyl sites for hydroxylation is 1. The summed E-state index contributed by atoms with van der Waals surface area (Å²) in [6.45, 7) is 2.04. The van der Waals surface area contributed by atoms with Gasteiger partial charge < -0.3 is 5.11 Å². The lowest BCUT2D eigenvalue weighted by Gasteiger charge is -2.03. The maximum Gasteiger partial charge on any atom is 0.335 e. The van der Waals surface area contributed by atoms with Crippen LogP contribution in [0.25, 0.3) is 0 Å². The van der Waals surface area contributed by atoms with Crippen LogP contribution in [0.15, 0.2) is 53.4 Å². The average Bonchev–Trinajstić information content (AvgIpc) is 2.49. The van der Waals surface area contributed by atoms with E-state index in [-0.39, 0.29) is 11.3 Å². The van der Waals surface area contributed by atoms with Gasteiger partial charge >= 0.3 is 5.97 Å². The molecule has 0 bridgehead atoms. The predicted octanol–water partition coefficient (Wildman–Crippen LogP) is 4.06. The van der Waals surface area contributed by atoms with Gasteiger partial charge in [0.1, 0.15) is 0 Å². The van der Waals surface area contributed by atoms with Crippen LogP contribution in [0, 0.1) is 6.92 Å². The molecule has 0 aliphatic carbocycles. The number of ketones is 1. The van der Waals surface area contributed by atoms with Crippen LogP contribution in [0.2, 0.25) is 0 Å². The van der Waals surface area contributed by atoms with E-state index in [1.54, 1.807) is 23.9 Å². The van der Waals surface area contributed by atoms with Crippen LogP contribution in [0.4, 0.5) is 0 Å². The molecule has 21 heavy (non-hydrogen) atoms. The summed E-state index contributed by atoms with van der Waals surface area (Å²) < 4.78 is 0. The largest absolute Gasteiger partial charge is 0.478 e. The van der Waals surface area contributed by atoms with Gasteiger partial charge in [-0.3, -0.25) is 4.79 Å². The number of Topliss-reactive ketones (excluding diaryl/α,β-unsaturated/α-hetero) is 1. The molecule has 0 amide bonds. The van der Waals surface area contributed by atoms with Crippen molar-refractivity contribution in [2.45, 2.75) is 18.2 Å². The van der Waals surface area contributed by atoms with Crippen molar-refractivity contribution in [2.75, 3.05) is 5.75 Å². The molecular weight excluding hydrogens is 284 g/mol. The molecule has 2 aromatic carbocycles. The molecule has 0 unspecified atom stereocenters. The van der Waals surface area contributed by atoms with E-state index in [4.69, 9.17) is 5.11 Å². The van der Waals surface area contributed by atoms with Crippen LogP contribution in [-0.4, -0.2) is 22.6 Å². The fourth-order valence-electron chi connectivity index (χ4n) is 1.87. The highest BCUT2D eigenvalue weighted by Gasteiger charge is 2.09. The highest BCUT2D eigenvalue weighted by Crippen LogP contribution is 2.20. The molecule has 0 fully saturated rings. The van der Waals surface area contributed by atoms with Crippen molar-refractivity contribution in [3.05, 3.63) is 65.2 Å². The summed E-state index contributed by atoms with van der Waals surface area (Å²) in [6.07, 6.45) is 0.390. The van der Waals surface area contributed by atoms with Crippen molar-refractivity contribution in [3.8, 4) is 0 Å². The number of carboxylic acid groups (broad SMARTS) is 1. The number of thioether (sulfide) groups is 1. The topological polar surface area (TPSA) is 54.4 Å². The Morgan fingerprint density at radius 1 is 1.05 bits per heavy atom. The molecule has 4 heteroatoms. The monoisotopic (exact) mass is 300 g/mol. The van der Waals surface area contributed by atoms with Crippen LogP contribution in [-0.2, 0) is 0 Å². The Kier molecular flexibility index (Phi) is 5.17. The van der Waals surface area contributed by atoms with Crippen molar-refractivity contribution >= 4 is 23.5 Å². The number of rotatable bonds is 6. The minimum Gasteiger partial charge on any atom is -0.478 e. The molecule has 0 saturated heterocycles. The van der Waals surface area contributed by atoms with Gasteiger partial charge in [0, 0.05) is 22.6 Å². The van der Waals surface area contributed by atoms with Crippen LogP contribution in [0.3, 0.4) is 0 Å². The predicted molar refractivity (Wildman–Crippen MR) is 84.3 cm³/mol. The molecule has 1 N–H and O–H groups in total. The zero-order valence-electron chi connectivity index (χ0n) is 11.7. The van der Waals surface area contributed by atoms with Crippen LogP contribution in [0.5, 0.6) is 0 Å². The van der Waals surface area contributed by atoms with Crippen molar-refractivity contribution < 1.29 is 14.7 Å². The summed E-state index contributed by atoms with van der Waals surface area (Å²) in [5.41, 5.74) is 1.81. The molecule has 3 nitrogen and oxygen atoms in total. The molecule has 0 aliphatic heterocycles. The lowest BCUT2D eigenvalue weighted by molar-refractivity contribution is 0.0697. The van der Waals surface area contributed by atoms with E-state index >= 15 is 0 Å². The summed E-state index contributed by atoms with van der Waals surface area (Å²) in [6, 6.07) is 14.3. The lowest BCUT2D eigenvalue weighted by atomic mass is 10.1. The van der Waals surface area contributed by atoms with Crippen LogP contribution < -0.4 is 0 Å². The van der Waals surface area contributed by atoms with Crippen molar-refractivity contribution in [1.82, 2.24) is 0 Å². The third-order valence-electron chi connectivity index (χ3n) is 3.05. The Balaban J connectivity index is 1.91. The zero-order valence-corrected chi connectivity index (χ0v) is 12.5.